The van der Waals surface area contributed by atoms with Gasteiger partial charge in [0.25, 0.3) is 5.91 Å². The Hall–Kier alpha value is -2.13. The van der Waals surface area contributed by atoms with Gasteiger partial charge in [0.1, 0.15) is 0 Å². The van der Waals surface area contributed by atoms with Crippen molar-refractivity contribution in [3.05, 3.63) is 70.3 Å². The normalized spacial score (nSPS) is 10.9. The van der Waals surface area contributed by atoms with Crippen LogP contribution in [0.15, 0.2) is 42.5 Å². The van der Waals surface area contributed by atoms with E-state index in [1.807, 2.05) is 19.9 Å². The second-order valence-electron chi connectivity index (χ2n) is 6.61. The van der Waals surface area contributed by atoms with E-state index in [-0.39, 0.29) is 5.91 Å². The Morgan fingerprint density at radius 1 is 1.04 bits per heavy atom. The van der Waals surface area contributed by atoms with Crippen LogP contribution in [0.3, 0.4) is 0 Å². The number of carbonyl (C=O) groups excluding carboxylic acids is 1. The Bertz CT molecular complexity index is 656. The van der Waals surface area contributed by atoms with Crippen LogP contribution in [-0.4, -0.2) is 30.9 Å². The van der Waals surface area contributed by atoms with Crippen molar-refractivity contribution in [2.75, 3.05) is 20.1 Å². The van der Waals surface area contributed by atoms with Crippen molar-refractivity contribution in [1.82, 2.24) is 10.2 Å². The third-order valence-corrected chi connectivity index (χ3v) is 4.20. The van der Waals surface area contributed by atoms with Gasteiger partial charge in [-0.25, -0.2) is 0 Å². The van der Waals surface area contributed by atoms with Crippen molar-refractivity contribution in [2.45, 2.75) is 33.7 Å². The van der Waals surface area contributed by atoms with Gasteiger partial charge in [0.05, 0.1) is 0 Å². The summed E-state index contributed by atoms with van der Waals surface area (Å²) in [6.45, 7) is 8.66. The molecule has 2 rings (SSSR count). The molecule has 0 aromatic heterocycles. The zero-order valence-corrected chi connectivity index (χ0v) is 15.2. The van der Waals surface area contributed by atoms with Crippen molar-refractivity contribution in [2.24, 2.45) is 0 Å². The highest BCUT2D eigenvalue weighted by molar-refractivity contribution is 5.97. The molecule has 24 heavy (non-hydrogen) atoms. The molecule has 3 nitrogen and oxygen atoms in total. The second kappa shape index (κ2) is 8.65. The van der Waals surface area contributed by atoms with E-state index in [0.717, 1.165) is 36.2 Å². The average Bonchev–Trinajstić information content (AvgIpc) is 2.51. The lowest BCUT2D eigenvalue weighted by atomic mass is 9.99. The Labute approximate surface area is 145 Å². The molecule has 1 amide bonds. The summed E-state index contributed by atoms with van der Waals surface area (Å²) in [5, 5.41) is 3.05. The highest BCUT2D eigenvalue weighted by Gasteiger charge is 2.12. The maximum absolute atomic E-state index is 12.4. The molecule has 0 fully saturated rings. The Balaban J connectivity index is 1.77. The fraction of sp³-hybridized carbons (Fsp3) is 0.381. The fourth-order valence-electron chi connectivity index (χ4n) is 3.15. The number of nitrogens with one attached hydrogen (secondary N) is 1. The minimum absolute atomic E-state index is 0.0377. The molecule has 0 aliphatic rings. The van der Waals surface area contributed by atoms with Crippen LogP contribution in [-0.2, 0) is 6.54 Å². The lowest BCUT2D eigenvalue weighted by Crippen LogP contribution is -2.29. The molecule has 0 unspecified atom stereocenters. The molecule has 0 radical (unpaired) electrons. The quantitative estimate of drug-likeness (QED) is 0.784. The van der Waals surface area contributed by atoms with Gasteiger partial charge < -0.3 is 10.2 Å². The number of hydrogen-bond donors (Lipinski definition) is 1. The monoisotopic (exact) mass is 324 g/mol. The highest BCUT2D eigenvalue weighted by atomic mass is 16.1. The van der Waals surface area contributed by atoms with Crippen LogP contribution in [0.2, 0.25) is 0 Å². The molecular weight excluding hydrogens is 296 g/mol. The summed E-state index contributed by atoms with van der Waals surface area (Å²) in [5.41, 5.74) is 5.43. The van der Waals surface area contributed by atoms with E-state index in [9.17, 15) is 4.79 Å². The summed E-state index contributed by atoms with van der Waals surface area (Å²) >= 11 is 0. The van der Waals surface area contributed by atoms with E-state index < -0.39 is 0 Å². The standard InChI is InChI=1S/C21H28N2O/c1-16-13-17(2)20(18(3)14-16)21(24)22-11-8-12-23(4)15-19-9-6-5-7-10-19/h5-7,9-10,13-14H,8,11-12,15H2,1-4H3,(H,22,24). The molecule has 2 aromatic rings. The largest absolute Gasteiger partial charge is 0.352 e. The smallest absolute Gasteiger partial charge is 0.251 e. The number of hydrogen-bond acceptors (Lipinski definition) is 2. The highest BCUT2D eigenvalue weighted by Crippen LogP contribution is 2.16. The number of carbonyl (C=O) groups is 1. The van der Waals surface area contributed by atoms with Crippen molar-refractivity contribution < 1.29 is 4.79 Å². The summed E-state index contributed by atoms with van der Waals surface area (Å²) in [6, 6.07) is 14.6. The third kappa shape index (κ3) is 5.20. The molecule has 0 aliphatic carbocycles. The van der Waals surface area contributed by atoms with E-state index in [1.54, 1.807) is 0 Å². The first-order valence-electron chi connectivity index (χ1n) is 8.56. The molecule has 1 N–H and O–H groups in total. The van der Waals surface area contributed by atoms with Crippen LogP contribution in [0.1, 0.15) is 39.0 Å². The second-order valence-corrected chi connectivity index (χ2v) is 6.61. The van der Waals surface area contributed by atoms with E-state index in [1.165, 1.54) is 11.1 Å². The Morgan fingerprint density at radius 3 is 2.29 bits per heavy atom. The molecule has 128 valence electrons. The Morgan fingerprint density at radius 2 is 1.67 bits per heavy atom. The van der Waals surface area contributed by atoms with Crippen LogP contribution in [0, 0.1) is 20.8 Å². The number of benzene rings is 2. The molecule has 0 spiro atoms. The van der Waals surface area contributed by atoms with Crippen molar-refractivity contribution >= 4 is 5.91 Å². The predicted molar refractivity (Wildman–Crippen MR) is 100 cm³/mol. The summed E-state index contributed by atoms with van der Waals surface area (Å²) in [5.74, 6) is 0.0377. The Kier molecular flexibility index (Phi) is 6.56. The first-order chi connectivity index (χ1) is 11.5. The summed E-state index contributed by atoms with van der Waals surface area (Å²) in [6.07, 6.45) is 0.943. The number of nitrogens with zero attached hydrogens (tertiary/aromatic N) is 1. The minimum atomic E-state index is 0.0377. The van der Waals surface area contributed by atoms with Gasteiger partial charge in [-0.1, -0.05) is 48.0 Å². The van der Waals surface area contributed by atoms with Crippen LogP contribution in [0.25, 0.3) is 0 Å². The predicted octanol–water partition coefficient (Wildman–Crippen LogP) is 3.86. The molecule has 0 saturated heterocycles. The molecular formula is C21H28N2O. The first-order valence-corrected chi connectivity index (χ1v) is 8.56. The molecule has 2 aromatic carbocycles. The fourth-order valence-corrected chi connectivity index (χ4v) is 3.15. The lowest BCUT2D eigenvalue weighted by Gasteiger charge is -2.17. The topological polar surface area (TPSA) is 32.3 Å². The average molecular weight is 324 g/mol. The van der Waals surface area contributed by atoms with Gasteiger partial charge in [-0.05, 0) is 57.5 Å². The zero-order valence-electron chi connectivity index (χ0n) is 15.2. The molecule has 0 bridgehead atoms. The summed E-state index contributed by atoms with van der Waals surface area (Å²) in [4.78, 5) is 14.7. The third-order valence-electron chi connectivity index (χ3n) is 4.20. The van der Waals surface area contributed by atoms with Gasteiger partial charge in [0, 0.05) is 18.7 Å². The minimum Gasteiger partial charge on any atom is -0.352 e. The maximum atomic E-state index is 12.4. The lowest BCUT2D eigenvalue weighted by molar-refractivity contribution is 0.0950. The first kappa shape index (κ1) is 18.2. The molecule has 0 heterocycles. The van der Waals surface area contributed by atoms with Crippen molar-refractivity contribution in [3.8, 4) is 0 Å². The van der Waals surface area contributed by atoms with E-state index in [4.69, 9.17) is 0 Å². The van der Waals surface area contributed by atoms with Gasteiger partial charge in [-0.15, -0.1) is 0 Å². The number of aryl methyl sites for hydroxylation is 3. The molecule has 0 aliphatic heterocycles. The van der Waals surface area contributed by atoms with Gasteiger partial charge in [-0.3, -0.25) is 4.79 Å². The van der Waals surface area contributed by atoms with Crippen LogP contribution in [0.5, 0.6) is 0 Å². The summed E-state index contributed by atoms with van der Waals surface area (Å²) in [7, 11) is 2.11. The maximum Gasteiger partial charge on any atom is 0.251 e. The van der Waals surface area contributed by atoms with Crippen LogP contribution in [0.4, 0.5) is 0 Å². The molecule has 3 heteroatoms. The van der Waals surface area contributed by atoms with E-state index >= 15 is 0 Å². The van der Waals surface area contributed by atoms with E-state index in [2.05, 4.69) is 60.6 Å². The van der Waals surface area contributed by atoms with Crippen LogP contribution < -0.4 is 5.32 Å². The van der Waals surface area contributed by atoms with Crippen molar-refractivity contribution in [1.29, 1.82) is 0 Å². The van der Waals surface area contributed by atoms with Gasteiger partial charge in [-0.2, -0.15) is 0 Å². The van der Waals surface area contributed by atoms with Gasteiger partial charge in [0.2, 0.25) is 0 Å². The van der Waals surface area contributed by atoms with E-state index in [0.29, 0.717) is 6.54 Å². The van der Waals surface area contributed by atoms with Crippen LogP contribution >= 0.6 is 0 Å². The zero-order chi connectivity index (χ0) is 17.5. The molecule has 0 saturated carbocycles. The summed E-state index contributed by atoms with van der Waals surface area (Å²) < 4.78 is 0. The molecule has 0 atom stereocenters. The SMILES string of the molecule is Cc1cc(C)c(C(=O)NCCCN(C)Cc2ccccc2)c(C)c1. The van der Waals surface area contributed by atoms with Gasteiger partial charge >= 0.3 is 0 Å². The van der Waals surface area contributed by atoms with Crippen molar-refractivity contribution in [3.63, 3.8) is 0 Å². The number of amides is 1. The number of rotatable bonds is 7. The van der Waals surface area contributed by atoms with Gasteiger partial charge in [0.15, 0.2) is 0 Å².